The van der Waals surface area contributed by atoms with Gasteiger partial charge in [0.25, 0.3) is 15.9 Å². The number of rotatable bonds is 10. The van der Waals surface area contributed by atoms with E-state index < -0.39 is 10.0 Å². The van der Waals surface area contributed by atoms with Crippen LogP contribution in [0.5, 0.6) is 0 Å². The molecule has 2 rings (SSSR count). The normalized spacial score (nSPS) is 11.3. The predicted octanol–water partition coefficient (Wildman–Crippen LogP) is 4.33. The lowest BCUT2D eigenvalue weighted by atomic mass is 10.1. The number of sulfonamides is 1. The van der Waals surface area contributed by atoms with E-state index in [0.29, 0.717) is 12.2 Å². The number of hydrogen-bond donors (Lipinski definition) is 3. The molecule has 7 nitrogen and oxygen atoms in total. The Balaban J connectivity index is 2.33. The maximum atomic E-state index is 13.0. The van der Waals surface area contributed by atoms with Gasteiger partial charge in [-0.05, 0) is 43.0 Å². The Kier molecular flexibility index (Phi) is 8.94. The quantitative estimate of drug-likeness (QED) is 0.359. The molecule has 3 N–H and O–H groups in total. The van der Waals surface area contributed by atoms with Crippen LogP contribution in [0, 0.1) is 5.92 Å². The summed E-state index contributed by atoms with van der Waals surface area (Å²) in [5.74, 6) is -0.785. The van der Waals surface area contributed by atoms with Crippen molar-refractivity contribution >= 4 is 45.0 Å². The molecule has 2 aromatic carbocycles. The smallest absolute Gasteiger partial charge is 0.261 e. The van der Waals surface area contributed by atoms with Crippen LogP contribution in [0.15, 0.2) is 52.3 Å². The van der Waals surface area contributed by atoms with Gasteiger partial charge in [0, 0.05) is 17.4 Å². The van der Waals surface area contributed by atoms with E-state index in [1.54, 1.807) is 44.2 Å². The first-order valence-corrected chi connectivity index (χ1v) is 12.8. The lowest BCUT2D eigenvalue weighted by Crippen LogP contribution is -2.26. The number of carbonyl (C=O) groups excluding carboxylic acids is 2. The van der Waals surface area contributed by atoms with E-state index in [2.05, 4.69) is 15.4 Å². The SMILES string of the molecule is CCCCNC(=O)c1ccccc1NS(=O)(=O)c1ccc(SC)c(NC(=O)C(C)C)c1. The lowest BCUT2D eigenvalue weighted by molar-refractivity contribution is -0.118. The Hall–Kier alpha value is -2.52. The number of amides is 2. The van der Waals surface area contributed by atoms with E-state index in [4.69, 9.17) is 0 Å². The van der Waals surface area contributed by atoms with Gasteiger partial charge < -0.3 is 10.6 Å². The molecule has 0 spiro atoms. The maximum absolute atomic E-state index is 13.0. The van der Waals surface area contributed by atoms with Gasteiger partial charge in [0.2, 0.25) is 5.91 Å². The molecule has 0 atom stereocenters. The maximum Gasteiger partial charge on any atom is 0.261 e. The van der Waals surface area contributed by atoms with Crippen molar-refractivity contribution in [3.8, 4) is 0 Å². The molecule has 0 aliphatic heterocycles. The van der Waals surface area contributed by atoms with Gasteiger partial charge in [-0.25, -0.2) is 8.42 Å². The van der Waals surface area contributed by atoms with Crippen LogP contribution in [0.4, 0.5) is 11.4 Å². The first kappa shape index (κ1) is 24.7. The van der Waals surface area contributed by atoms with Crippen molar-refractivity contribution in [2.75, 3.05) is 22.8 Å². The van der Waals surface area contributed by atoms with Gasteiger partial charge in [0.05, 0.1) is 21.8 Å². The summed E-state index contributed by atoms with van der Waals surface area (Å²) < 4.78 is 28.6. The summed E-state index contributed by atoms with van der Waals surface area (Å²) in [4.78, 5) is 25.4. The minimum atomic E-state index is -3.99. The minimum absolute atomic E-state index is 0.00875. The zero-order chi connectivity index (χ0) is 23.0. The predicted molar refractivity (Wildman–Crippen MR) is 126 cm³/mol. The standard InChI is InChI=1S/C22H29N3O4S2/c1-5-6-13-23-22(27)17-9-7-8-10-18(17)25-31(28,29)16-11-12-20(30-4)19(14-16)24-21(26)15(2)3/h7-12,14-15,25H,5-6,13H2,1-4H3,(H,23,27)(H,24,26). The van der Waals surface area contributed by atoms with Gasteiger partial charge in [0.15, 0.2) is 0 Å². The Bertz CT molecular complexity index is 1040. The molecule has 0 saturated heterocycles. The Morgan fingerprint density at radius 2 is 1.77 bits per heavy atom. The summed E-state index contributed by atoms with van der Waals surface area (Å²) in [5, 5.41) is 5.58. The molecule has 0 aromatic heterocycles. The van der Waals surface area contributed by atoms with Crippen molar-refractivity contribution in [3.63, 3.8) is 0 Å². The lowest BCUT2D eigenvalue weighted by Gasteiger charge is -2.15. The molecule has 0 bridgehead atoms. The molecule has 0 fully saturated rings. The summed E-state index contributed by atoms with van der Waals surface area (Å²) in [6, 6.07) is 11.0. The van der Waals surface area contributed by atoms with E-state index in [1.165, 1.54) is 23.9 Å². The highest BCUT2D eigenvalue weighted by Crippen LogP contribution is 2.30. The van der Waals surface area contributed by atoms with Crippen LogP contribution in [0.25, 0.3) is 0 Å². The molecule has 31 heavy (non-hydrogen) atoms. The van der Waals surface area contributed by atoms with Crippen molar-refractivity contribution in [1.29, 1.82) is 0 Å². The molecule has 9 heteroatoms. The summed E-state index contributed by atoms with van der Waals surface area (Å²) in [7, 11) is -3.99. The highest BCUT2D eigenvalue weighted by molar-refractivity contribution is 7.98. The Labute approximate surface area is 188 Å². The molecule has 168 valence electrons. The number of nitrogens with one attached hydrogen (secondary N) is 3. The number of unbranched alkanes of at least 4 members (excludes halogenated alkanes) is 1. The molecule has 2 aromatic rings. The molecule has 0 aliphatic rings. The number of hydrogen-bond acceptors (Lipinski definition) is 5. The molecular formula is C22H29N3O4S2. The molecule has 0 unspecified atom stereocenters. The Morgan fingerprint density at radius 1 is 1.06 bits per heavy atom. The van der Waals surface area contributed by atoms with E-state index in [0.717, 1.165) is 17.7 Å². The van der Waals surface area contributed by atoms with Gasteiger partial charge in [-0.15, -0.1) is 11.8 Å². The monoisotopic (exact) mass is 463 g/mol. The molecule has 0 heterocycles. The average molecular weight is 464 g/mol. The van der Waals surface area contributed by atoms with Gasteiger partial charge in [-0.3, -0.25) is 14.3 Å². The Morgan fingerprint density at radius 3 is 2.42 bits per heavy atom. The van der Waals surface area contributed by atoms with Crippen LogP contribution < -0.4 is 15.4 Å². The number of para-hydroxylation sites is 1. The van der Waals surface area contributed by atoms with Crippen LogP contribution in [0.2, 0.25) is 0 Å². The van der Waals surface area contributed by atoms with Gasteiger partial charge in [-0.1, -0.05) is 39.3 Å². The fourth-order valence-electron chi connectivity index (χ4n) is 2.68. The first-order valence-electron chi connectivity index (χ1n) is 10.1. The zero-order valence-electron chi connectivity index (χ0n) is 18.2. The van der Waals surface area contributed by atoms with Crippen molar-refractivity contribution in [2.45, 2.75) is 43.4 Å². The van der Waals surface area contributed by atoms with Crippen LogP contribution in [0.3, 0.4) is 0 Å². The third-order valence-electron chi connectivity index (χ3n) is 4.50. The summed E-state index contributed by atoms with van der Waals surface area (Å²) in [6.45, 7) is 6.07. The number of benzene rings is 2. The second-order valence-electron chi connectivity index (χ2n) is 7.27. The van der Waals surface area contributed by atoms with E-state index in [9.17, 15) is 18.0 Å². The molecule has 0 saturated carbocycles. The summed E-state index contributed by atoms with van der Waals surface area (Å²) in [6.07, 6.45) is 3.63. The minimum Gasteiger partial charge on any atom is -0.352 e. The van der Waals surface area contributed by atoms with Crippen LogP contribution >= 0.6 is 11.8 Å². The van der Waals surface area contributed by atoms with Crippen LogP contribution in [0.1, 0.15) is 44.0 Å². The van der Waals surface area contributed by atoms with E-state index in [-0.39, 0.29) is 33.9 Å². The zero-order valence-corrected chi connectivity index (χ0v) is 19.8. The number of carbonyl (C=O) groups is 2. The van der Waals surface area contributed by atoms with E-state index >= 15 is 0 Å². The second kappa shape index (κ2) is 11.2. The van der Waals surface area contributed by atoms with E-state index in [1.807, 2.05) is 13.2 Å². The summed E-state index contributed by atoms with van der Waals surface area (Å²) >= 11 is 1.41. The molecule has 0 aliphatic carbocycles. The number of thioether (sulfide) groups is 1. The first-order chi connectivity index (χ1) is 14.7. The summed E-state index contributed by atoms with van der Waals surface area (Å²) in [5.41, 5.74) is 0.870. The van der Waals surface area contributed by atoms with Crippen molar-refractivity contribution < 1.29 is 18.0 Å². The average Bonchev–Trinajstić information content (AvgIpc) is 2.73. The van der Waals surface area contributed by atoms with Gasteiger partial charge in [0.1, 0.15) is 0 Å². The fourth-order valence-corrected chi connectivity index (χ4v) is 4.32. The largest absolute Gasteiger partial charge is 0.352 e. The number of anilines is 2. The third kappa shape index (κ3) is 6.73. The fraction of sp³-hybridized carbons (Fsp3) is 0.364. The second-order valence-corrected chi connectivity index (χ2v) is 9.80. The van der Waals surface area contributed by atoms with Gasteiger partial charge in [-0.2, -0.15) is 0 Å². The molecule has 0 radical (unpaired) electrons. The third-order valence-corrected chi connectivity index (χ3v) is 6.65. The van der Waals surface area contributed by atoms with Crippen molar-refractivity contribution in [3.05, 3.63) is 48.0 Å². The highest BCUT2D eigenvalue weighted by atomic mass is 32.2. The van der Waals surface area contributed by atoms with Crippen LogP contribution in [-0.4, -0.2) is 33.0 Å². The van der Waals surface area contributed by atoms with Gasteiger partial charge >= 0.3 is 0 Å². The van der Waals surface area contributed by atoms with Crippen molar-refractivity contribution in [2.24, 2.45) is 5.92 Å². The molecular weight excluding hydrogens is 434 g/mol. The molecule has 2 amide bonds. The van der Waals surface area contributed by atoms with Crippen LogP contribution in [-0.2, 0) is 14.8 Å². The topological polar surface area (TPSA) is 104 Å². The highest BCUT2D eigenvalue weighted by Gasteiger charge is 2.20. The van der Waals surface area contributed by atoms with Crippen molar-refractivity contribution in [1.82, 2.24) is 5.32 Å².